The second-order valence-corrected chi connectivity index (χ2v) is 6.23. The summed E-state index contributed by atoms with van der Waals surface area (Å²) in [6, 6.07) is 10.8. The molecule has 2 aromatic carbocycles. The second-order valence-electron chi connectivity index (χ2n) is 6.23. The van der Waals surface area contributed by atoms with Gasteiger partial charge in [0.1, 0.15) is 11.9 Å². The number of carbonyl (C=O) groups excluding carboxylic acids is 2. The molecule has 6 nitrogen and oxygen atoms in total. The molecule has 0 aromatic heterocycles. The zero-order chi connectivity index (χ0) is 18.1. The van der Waals surface area contributed by atoms with E-state index >= 15 is 0 Å². The lowest BCUT2D eigenvalue weighted by Crippen LogP contribution is -2.41. The van der Waals surface area contributed by atoms with Crippen LogP contribution in [0.15, 0.2) is 42.5 Å². The van der Waals surface area contributed by atoms with E-state index in [-0.39, 0.29) is 30.8 Å². The first-order chi connectivity index (χ1) is 12.6. The Kier molecular flexibility index (Phi) is 4.20. The highest BCUT2D eigenvalue weighted by Crippen LogP contribution is 2.33. The molecule has 134 valence electrons. The van der Waals surface area contributed by atoms with Gasteiger partial charge in [0.05, 0.1) is 5.69 Å². The molecule has 1 saturated heterocycles. The van der Waals surface area contributed by atoms with Crippen LogP contribution in [0.1, 0.15) is 18.4 Å². The summed E-state index contributed by atoms with van der Waals surface area (Å²) in [5.41, 5.74) is 0.952. The average Bonchev–Trinajstić information content (AvgIpc) is 3.24. The van der Waals surface area contributed by atoms with Gasteiger partial charge in [-0.2, -0.15) is 0 Å². The van der Waals surface area contributed by atoms with Crippen LogP contribution in [0.3, 0.4) is 0 Å². The van der Waals surface area contributed by atoms with Gasteiger partial charge in [0.15, 0.2) is 11.5 Å². The molecule has 0 radical (unpaired) electrons. The number of carbonyl (C=O) groups is 2. The molecule has 26 heavy (non-hydrogen) atoms. The van der Waals surface area contributed by atoms with E-state index < -0.39 is 11.9 Å². The molecule has 2 aliphatic heterocycles. The first kappa shape index (κ1) is 16.4. The van der Waals surface area contributed by atoms with Crippen molar-refractivity contribution in [3.8, 4) is 11.5 Å². The summed E-state index contributed by atoms with van der Waals surface area (Å²) < 4.78 is 24.4. The number of rotatable bonds is 4. The fourth-order valence-corrected chi connectivity index (χ4v) is 3.22. The minimum atomic E-state index is -0.632. The summed E-state index contributed by atoms with van der Waals surface area (Å²) >= 11 is 0. The summed E-state index contributed by atoms with van der Waals surface area (Å²) in [7, 11) is 0. The van der Waals surface area contributed by atoms with Crippen LogP contribution in [0.5, 0.6) is 11.5 Å². The molecule has 1 N–H and O–H groups in total. The van der Waals surface area contributed by atoms with E-state index in [2.05, 4.69) is 5.32 Å². The third kappa shape index (κ3) is 3.08. The van der Waals surface area contributed by atoms with Gasteiger partial charge in [0.25, 0.3) is 0 Å². The van der Waals surface area contributed by atoms with E-state index in [1.165, 1.54) is 17.0 Å². The van der Waals surface area contributed by atoms with E-state index in [4.69, 9.17) is 9.47 Å². The number of fused-ring (bicyclic) bond motifs is 1. The standard InChI is InChI=1S/C19H17FN2O4/c20-13-3-1-2-4-14(13)21-19(24)15-6-8-18(23)22(15)10-12-5-7-16-17(9-12)26-11-25-16/h1-5,7,9,15H,6,8,10-11H2,(H,21,24). The number of para-hydroxylation sites is 1. The summed E-state index contributed by atoms with van der Waals surface area (Å²) in [5, 5.41) is 2.58. The molecule has 2 aromatic rings. The van der Waals surface area contributed by atoms with Gasteiger partial charge in [-0.3, -0.25) is 9.59 Å². The molecule has 7 heteroatoms. The van der Waals surface area contributed by atoms with Gasteiger partial charge in [0, 0.05) is 13.0 Å². The Morgan fingerprint density at radius 1 is 1.19 bits per heavy atom. The minimum Gasteiger partial charge on any atom is -0.454 e. The van der Waals surface area contributed by atoms with Crippen molar-refractivity contribution in [3.63, 3.8) is 0 Å². The lowest BCUT2D eigenvalue weighted by atomic mass is 10.1. The smallest absolute Gasteiger partial charge is 0.247 e. The van der Waals surface area contributed by atoms with Crippen LogP contribution >= 0.6 is 0 Å². The van der Waals surface area contributed by atoms with Gasteiger partial charge in [-0.25, -0.2) is 4.39 Å². The highest BCUT2D eigenvalue weighted by atomic mass is 19.1. The fourth-order valence-electron chi connectivity index (χ4n) is 3.22. The zero-order valence-corrected chi connectivity index (χ0v) is 13.9. The molecule has 2 heterocycles. The zero-order valence-electron chi connectivity index (χ0n) is 13.9. The van der Waals surface area contributed by atoms with E-state index in [1.807, 2.05) is 6.07 Å². The highest BCUT2D eigenvalue weighted by molar-refractivity contribution is 5.99. The van der Waals surface area contributed by atoms with Crippen molar-refractivity contribution in [1.82, 2.24) is 4.90 Å². The Bertz CT molecular complexity index is 870. The number of anilines is 1. The Morgan fingerprint density at radius 3 is 2.85 bits per heavy atom. The number of likely N-dealkylation sites (tertiary alicyclic amines) is 1. The summed E-state index contributed by atoms with van der Waals surface area (Å²) in [6.07, 6.45) is 0.698. The molecule has 2 amide bonds. The normalized spacial score (nSPS) is 18.3. The molecule has 4 rings (SSSR count). The van der Waals surface area contributed by atoms with Crippen molar-refractivity contribution in [2.45, 2.75) is 25.4 Å². The van der Waals surface area contributed by atoms with Crippen LogP contribution in [0.4, 0.5) is 10.1 Å². The maximum atomic E-state index is 13.8. The maximum absolute atomic E-state index is 13.8. The Hall–Kier alpha value is -3.09. The molecule has 0 bridgehead atoms. The van der Waals surface area contributed by atoms with Crippen molar-refractivity contribution in [1.29, 1.82) is 0 Å². The topological polar surface area (TPSA) is 67.9 Å². The Morgan fingerprint density at radius 2 is 2.00 bits per heavy atom. The quantitative estimate of drug-likeness (QED) is 0.915. The summed E-state index contributed by atoms with van der Waals surface area (Å²) in [6.45, 7) is 0.458. The van der Waals surface area contributed by atoms with Crippen LogP contribution in [-0.2, 0) is 16.1 Å². The Labute approximate surface area is 149 Å². The van der Waals surface area contributed by atoms with E-state index in [9.17, 15) is 14.0 Å². The summed E-state index contributed by atoms with van der Waals surface area (Å²) in [4.78, 5) is 26.4. The van der Waals surface area contributed by atoms with Crippen molar-refractivity contribution in [2.24, 2.45) is 0 Å². The molecule has 1 fully saturated rings. The van der Waals surface area contributed by atoms with Crippen LogP contribution in [0.2, 0.25) is 0 Å². The molecule has 1 unspecified atom stereocenters. The van der Waals surface area contributed by atoms with Gasteiger partial charge >= 0.3 is 0 Å². The molecular weight excluding hydrogens is 339 g/mol. The predicted octanol–water partition coefficient (Wildman–Crippen LogP) is 2.68. The number of amides is 2. The Balaban J connectivity index is 1.50. The van der Waals surface area contributed by atoms with Crippen molar-refractivity contribution in [3.05, 3.63) is 53.8 Å². The third-order valence-electron chi connectivity index (χ3n) is 4.55. The molecule has 0 spiro atoms. The summed E-state index contributed by atoms with van der Waals surface area (Å²) in [5.74, 6) is 0.294. The SMILES string of the molecule is O=C(Nc1ccccc1F)C1CCC(=O)N1Cc1ccc2c(c1)OCO2. The van der Waals surface area contributed by atoms with Crippen LogP contribution in [0, 0.1) is 5.82 Å². The number of hydrogen-bond donors (Lipinski definition) is 1. The van der Waals surface area contributed by atoms with E-state index in [0.717, 1.165) is 5.56 Å². The van der Waals surface area contributed by atoms with E-state index in [1.54, 1.807) is 24.3 Å². The lowest BCUT2D eigenvalue weighted by Gasteiger charge is -2.24. The number of ether oxygens (including phenoxy) is 2. The second kappa shape index (κ2) is 6.67. The van der Waals surface area contributed by atoms with Crippen LogP contribution in [-0.4, -0.2) is 29.5 Å². The molecule has 0 aliphatic carbocycles. The molecule has 1 atom stereocenters. The van der Waals surface area contributed by atoms with Gasteiger partial charge in [-0.05, 0) is 36.2 Å². The first-order valence-corrected chi connectivity index (χ1v) is 8.35. The largest absolute Gasteiger partial charge is 0.454 e. The van der Waals surface area contributed by atoms with Gasteiger partial charge in [0.2, 0.25) is 18.6 Å². The molecule has 0 saturated carbocycles. The van der Waals surface area contributed by atoms with Crippen molar-refractivity contribution < 1.29 is 23.5 Å². The highest BCUT2D eigenvalue weighted by Gasteiger charge is 2.36. The number of halogens is 1. The first-order valence-electron chi connectivity index (χ1n) is 8.35. The van der Waals surface area contributed by atoms with E-state index in [0.29, 0.717) is 24.3 Å². The van der Waals surface area contributed by atoms with Crippen molar-refractivity contribution in [2.75, 3.05) is 12.1 Å². The lowest BCUT2D eigenvalue weighted by molar-refractivity contribution is -0.133. The number of nitrogens with zero attached hydrogens (tertiary/aromatic N) is 1. The molecular formula is C19H17FN2O4. The number of nitrogens with one attached hydrogen (secondary N) is 1. The van der Waals surface area contributed by atoms with Crippen LogP contribution in [0.25, 0.3) is 0 Å². The number of hydrogen-bond acceptors (Lipinski definition) is 4. The maximum Gasteiger partial charge on any atom is 0.247 e. The number of benzene rings is 2. The fraction of sp³-hybridized carbons (Fsp3) is 0.263. The predicted molar refractivity (Wildman–Crippen MR) is 91.2 cm³/mol. The van der Waals surface area contributed by atoms with Gasteiger partial charge in [-0.15, -0.1) is 0 Å². The third-order valence-corrected chi connectivity index (χ3v) is 4.55. The molecule has 2 aliphatic rings. The monoisotopic (exact) mass is 356 g/mol. The van der Waals surface area contributed by atoms with Crippen LogP contribution < -0.4 is 14.8 Å². The van der Waals surface area contributed by atoms with Gasteiger partial charge in [-0.1, -0.05) is 18.2 Å². The average molecular weight is 356 g/mol. The minimum absolute atomic E-state index is 0.101. The van der Waals surface area contributed by atoms with Crippen molar-refractivity contribution >= 4 is 17.5 Å². The van der Waals surface area contributed by atoms with Gasteiger partial charge < -0.3 is 19.7 Å².